The first kappa shape index (κ1) is 24.5. The van der Waals surface area contributed by atoms with E-state index in [1.807, 2.05) is 18.2 Å². The first-order valence-corrected chi connectivity index (χ1v) is 12.6. The number of carbonyl (C=O) groups is 2. The van der Waals surface area contributed by atoms with E-state index >= 15 is 0 Å². The molecule has 7 nitrogen and oxygen atoms in total. The van der Waals surface area contributed by atoms with Crippen LogP contribution in [0.25, 0.3) is 6.08 Å². The molecule has 33 heavy (non-hydrogen) atoms. The van der Waals surface area contributed by atoms with Crippen molar-refractivity contribution in [1.82, 2.24) is 5.32 Å². The number of sulfonamides is 1. The second-order valence-corrected chi connectivity index (χ2v) is 10.0. The summed E-state index contributed by atoms with van der Waals surface area (Å²) in [4.78, 5) is 24.6. The van der Waals surface area contributed by atoms with E-state index in [4.69, 9.17) is 4.74 Å². The van der Waals surface area contributed by atoms with Gasteiger partial charge in [0.2, 0.25) is 0 Å². The van der Waals surface area contributed by atoms with Gasteiger partial charge in [-0.05, 0) is 48.1 Å². The summed E-state index contributed by atoms with van der Waals surface area (Å²) >= 11 is 0. The monoisotopic (exact) mass is 470 g/mol. The molecule has 1 amide bonds. The lowest BCUT2D eigenvalue weighted by atomic mass is 9.78. The van der Waals surface area contributed by atoms with Gasteiger partial charge in [-0.1, -0.05) is 63.1 Å². The SMILES string of the molecule is C[C@H]1[C@H](C)CCC[C@@H]1NC(=O)COC(=O)c1cccc(NS(=O)(=O)/C=C/c2ccccc2)c1. The van der Waals surface area contributed by atoms with Gasteiger partial charge in [-0.3, -0.25) is 9.52 Å². The predicted molar refractivity (Wildman–Crippen MR) is 129 cm³/mol. The number of amides is 1. The first-order valence-electron chi connectivity index (χ1n) is 11.1. The van der Waals surface area contributed by atoms with Gasteiger partial charge in [-0.2, -0.15) is 0 Å². The molecule has 0 unspecified atom stereocenters. The highest BCUT2D eigenvalue weighted by molar-refractivity contribution is 7.95. The zero-order valence-corrected chi connectivity index (χ0v) is 19.7. The van der Waals surface area contributed by atoms with Crippen LogP contribution in [0.5, 0.6) is 0 Å². The Kier molecular flexibility index (Phi) is 8.27. The Balaban J connectivity index is 1.54. The van der Waals surface area contributed by atoms with Crippen molar-refractivity contribution in [3.8, 4) is 0 Å². The molecule has 0 saturated heterocycles. The first-order chi connectivity index (χ1) is 15.7. The predicted octanol–water partition coefficient (Wildman–Crippen LogP) is 4.20. The minimum atomic E-state index is -3.77. The van der Waals surface area contributed by atoms with Crippen LogP contribution in [0, 0.1) is 11.8 Å². The lowest BCUT2D eigenvalue weighted by Crippen LogP contribution is -2.45. The number of ether oxygens (including phenoxy) is 1. The van der Waals surface area contributed by atoms with E-state index in [1.54, 1.807) is 18.2 Å². The fraction of sp³-hybridized carbons (Fsp3) is 0.360. The number of esters is 1. The van der Waals surface area contributed by atoms with Crippen LogP contribution in [0.2, 0.25) is 0 Å². The minimum Gasteiger partial charge on any atom is -0.452 e. The molecule has 2 aromatic rings. The van der Waals surface area contributed by atoms with Crippen LogP contribution in [-0.2, 0) is 19.6 Å². The van der Waals surface area contributed by atoms with Crippen LogP contribution in [0.3, 0.4) is 0 Å². The van der Waals surface area contributed by atoms with Gasteiger partial charge in [-0.25, -0.2) is 13.2 Å². The van der Waals surface area contributed by atoms with Gasteiger partial charge >= 0.3 is 5.97 Å². The van der Waals surface area contributed by atoms with Crippen LogP contribution in [-0.4, -0.2) is 32.9 Å². The second kappa shape index (κ2) is 11.1. The van der Waals surface area contributed by atoms with Gasteiger partial charge in [0, 0.05) is 11.7 Å². The summed E-state index contributed by atoms with van der Waals surface area (Å²) in [5.41, 5.74) is 1.11. The lowest BCUT2D eigenvalue weighted by Gasteiger charge is -2.34. The minimum absolute atomic E-state index is 0.0848. The van der Waals surface area contributed by atoms with Crippen molar-refractivity contribution in [1.29, 1.82) is 0 Å². The van der Waals surface area contributed by atoms with Gasteiger partial charge in [0.05, 0.1) is 11.0 Å². The van der Waals surface area contributed by atoms with E-state index in [2.05, 4.69) is 23.9 Å². The zero-order chi connectivity index (χ0) is 23.8. The molecule has 0 aromatic heterocycles. The molecule has 3 rings (SSSR count). The van der Waals surface area contributed by atoms with E-state index in [-0.39, 0.29) is 29.8 Å². The van der Waals surface area contributed by atoms with Crippen molar-refractivity contribution in [2.75, 3.05) is 11.3 Å². The summed E-state index contributed by atoms with van der Waals surface area (Å²) in [7, 11) is -3.77. The average molecular weight is 471 g/mol. The molecule has 8 heteroatoms. The summed E-state index contributed by atoms with van der Waals surface area (Å²) in [5.74, 6) is -0.118. The largest absolute Gasteiger partial charge is 0.452 e. The maximum Gasteiger partial charge on any atom is 0.338 e. The molecule has 1 fully saturated rings. The number of carbonyl (C=O) groups excluding carboxylic acids is 2. The molecule has 1 aliphatic rings. The van der Waals surface area contributed by atoms with Gasteiger partial charge in [0.25, 0.3) is 15.9 Å². The summed E-state index contributed by atoms with van der Waals surface area (Å²) in [6, 6.07) is 15.1. The molecule has 1 saturated carbocycles. The Hall–Kier alpha value is -3.13. The number of hydrogen-bond donors (Lipinski definition) is 2. The molecular formula is C25H30N2O5S. The smallest absolute Gasteiger partial charge is 0.338 e. The average Bonchev–Trinajstić information content (AvgIpc) is 2.80. The third kappa shape index (κ3) is 7.46. The zero-order valence-electron chi connectivity index (χ0n) is 18.9. The summed E-state index contributed by atoms with van der Waals surface area (Å²) < 4.78 is 32.2. The quantitative estimate of drug-likeness (QED) is 0.563. The van der Waals surface area contributed by atoms with Crippen LogP contribution >= 0.6 is 0 Å². The Morgan fingerprint density at radius 2 is 1.82 bits per heavy atom. The number of nitrogens with one attached hydrogen (secondary N) is 2. The third-order valence-electron chi connectivity index (χ3n) is 5.99. The lowest BCUT2D eigenvalue weighted by molar-refractivity contribution is -0.125. The molecule has 1 aliphatic carbocycles. The number of hydrogen-bond acceptors (Lipinski definition) is 5. The maximum atomic E-state index is 12.4. The standard InChI is InChI=1S/C25H30N2O5S/c1-18-8-6-13-23(19(18)2)26-24(28)17-32-25(29)21-11-7-12-22(16-21)27-33(30,31)15-14-20-9-4-3-5-10-20/h3-5,7,9-12,14-16,18-19,23,27H,6,8,13,17H2,1-2H3,(H,26,28)/b15-14+/t18-,19+,23+/m1/s1. The van der Waals surface area contributed by atoms with E-state index in [0.29, 0.717) is 11.8 Å². The maximum absolute atomic E-state index is 12.4. The van der Waals surface area contributed by atoms with Crippen LogP contribution in [0.4, 0.5) is 5.69 Å². The highest BCUT2D eigenvalue weighted by Crippen LogP contribution is 2.29. The number of anilines is 1. The number of benzene rings is 2. The van der Waals surface area contributed by atoms with Crippen molar-refractivity contribution in [2.45, 2.75) is 39.2 Å². The molecule has 3 atom stereocenters. The third-order valence-corrected chi connectivity index (χ3v) is 7.00. The normalized spacial score (nSPS) is 20.8. The molecular weight excluding hydrogens is 440 g/mol. The van der Waals surface area contributed by atoms with Gasteiger partial charge in [-0.15, -0.1) is 0 Å². The van der Waals surface area contributed by atoms with E-state index in [0.717, 1.165) is 30.2 Å². The molecule has 2 N–H and O–H groups in total. The van der Waals surface area contributed by atoms with Crippen LogP contribution < -0.4 is 10.0 Å². The molecule has 0 aliphatic heterocycles. The molecule has 176 valence electrons. The number of rotatable bonds is 8. The molecule has 0 radical (unpaired) electrons. The highest BCUT2D eigenvalue weighted by Gasteiger charge is 2.28. The van der Waals surface area contributed by atoms with Crippen molar-refractivity contribution in [2.24, 2.45) is 11.8 Å². The fourth-order valence-electron chi connectivity index (χ4n) is 3.89. The fourth-order valence-corrected chi connectivity index (χ4v) is 4.75. The van der Waals surface area contributed by atoms with Crippen molar-refractivity contribution in [3.05, 3.63) is 71.1 Å². The molecule has 0 heterocycles. The van der Waals surface area contributed by atoms with Gasteiger partial charge in [0.15, 0.2) is 6.61 Å². The Bertz CT molecular complexity index is 1100. The van der Waals surface area contributed by atoms with Gasteiger partial charge < -0.3 is 10.1 Å². The molecule has 0 bridgehead atoms. The van der Waals surface area contributed by atoms with Crippen molar-refractivity contribution >= 4 is 33.7 Å². The Labute approximate surface area is 195 Å². The topological polar surface area (TPSA) is 102 Å². The Morgan fingerprint density at radius 3 is 2.58 bits per heavy atom. The summed E-state index contributed by atoms with van der Waals surface area (Å²) in [6.45, 7) is 3.93. The summed E-state index contributed by atoms with van der Waals surface area (Å²) in [5, 5.41) is 4.02. The van der Waals surface area contributed by atoms with Crippen molar-refractivity contribution in [3.63, 3.8) is 0 Å². The highest BCUT2D eigenvalue weighted by atomic mass is 32.2. The van der Waals surface area contributed by atoms with E-state index in [9.17, 15) is 18.0 Å². The van der Waals surface area contributed by atoms with E-state index in [1.165, 1.54) is 24.3 Å². The van der Waals surface area contributed by atoms with Crippen LogP contribution in [0.1, 0.15) is 49.0 Å². The molecule has 2 aromatic carbocycles. The van der Waals surface area contributed by atoms with Gasteiger partial charge in [0.1, 0.15) is 0 Å². The second-order valence-electron chi connectivity index (χ2n) is 8.46. The van der Waals surface area contributed by atoms with E-state index < -0.39 is 16.0 Å². The summed E-state index contributed by atoms with van der Waals surface area (Å²) in [6.07, 6.45) is 4.63. The Morgan fingerprint density at radius 1 is 1.06 bits per heavy atom. The molecule has 0 spiro atoms. The van der Waals surface area contributed by atoms with Crippen molar-refractivity contribution < 1.29 is 22.7 Å². The van der Waals surface area contributed by atoms with Crippen LogP contribution in [0.15, 0.2) is 60.0 Å².